The quantitative estimate of drug-likeness (QED) is 0.857. The maximum absolute atomic E-state index is 12.0. The highest BCUT2D eigenvalue weighted by Gasteiger charge is 2.24. The lowest BCUT2D eigenvalue weighted by Crippen LogP contribution is -2.39. The zero-order valence-electron chi connectivity index (χ0n) is 12.5. The van der Waals surface area contributed by atoms with E-state index in [1.165, 1.54) is 6.20 Å². The van der Waals surface area contributed by atoms with Crippen LogP contribution in [0.1, 0.15) is 12.0 Å². The Bertz CT molecular complexity index is 737. The van der Waals surface area contributed by atoms with Crippen molar-refractivity contribution in [2.45, 2.75) is 6.42 Å². The Morgan fingerprint density at radius 2 is 2.17 bits per heavy atom. The van der Waals surface area contributed by atoms with Crippen molar-refractivity contribution in [3.63, 3.8) is 0 Å². The van der Waals surface area contributed by atoms with E-state index in [0.29, 0.717) is 18.7 Å². The minimum absolute atomic E-state index is 0.0276. The highest BCUT2D eigenvalue weighted by molar-refractivity contribution is 5.97. The maximum atomic E-state index is 12.0. The summed E-state index contributed by atoms with van der Waals surface area (Å²) < 4.78 is 5.42. The molecule has 0 aliphatic carbocycles. The number of carbonyl (C=O) groups is 1. The van der Waals surface area contributed by atoms with Gasteiger partial charge in [0.05, 0.1) is 11.3 Å². The second kappa shape index (κ2) is 6.79. The predicted molar refractivity (Wildman–Crippen MR) is 86.3 cm³/mol. The zero-order valence-corrected chi connectivity index (χ0v) is 12.5. The van der Waals surface area contributed by atoms with Gasteiger partial charge in [-0.1, -0.05) is 12.1 Å². The summed E-state index contributed by atoms with van der Waals surface area (Å²) in [6, 6.07) is 13.1. The summed E-state index contributed by atoms with van der Waals surface area (Å²) in [5.41, 5.74) is 1.35. The first-order valence-electron chi connectivity index (χ1n) is 7.40. The van der Waals surface area contributed by atoms with Gasteiger partial charge in [-0.25, -0.2) is 4.98 Å². The second-order valence-electron chi connectivity index (χ2n) is 5.13. The fraction of sp³-hybridized carbons (Fsp3) is 0.235. The molecule has 1 aliphatic heterocycles. The van der Waals surface area contributed by atoms with Crippen LogP contribution in [0.3, 0.4) is 0 Å². The molecule has 0 bridgehead atoms. The number of benzene rings is 1. The summed E-state index contributed by atoms with van der Waals surface area (Å²) in [7, 11) is 0. The van der Waals surface area contributed by atoms with Crippen LogP contribution in [0.2, 0.25) is 0 Å². The van der Waals surface area contributed by atoms with Crippen LogP contribution < -0.4 is 15.0 Å². The van der Waals surface area contributed by atoms with Crippen molar-refractivity contribution in [1.82, 2.24) is 4.98 Å². The summed E-state index contributed by atoms with van der Waals surface area (Å²) >= 11 is 0. The van der Waals surface area contributed by atoms with Crippen molar-refractivity contribution in [1.29, 1.82) is 5.26 Å². The number of nitrogens with zero attached hydrogens (tertiary/aromatic N) is 3. The smallest absolute Gasteiger partial charge is 0.265 e. The number of hydrogen-bond donors (Lipinski definition) is 1. The first-order valence-corrected chi connectivity index (χ1v) is 7.40. The SMILES string of the molecule is N#Cc1ccc(NCCCN2C(=O)COc3ccccc32)nc1. The van der Waals surface area contributed by atoms with Gasteiger partial charge in [0.2, 0.25) is 0 Å². The second-order valence-corrected chi connectivity index (χ2v) is 5.13. The molecular formula is C17H16N4O2. The van der Waals surface area contributed by atoms with E-state index >= 15 is 0 Å². The Morgan fingerprint density at radius 1 is 1.30 bits per heavy atom. The van der Waals surface area contributed by atoms with Crippen LogP contribution in [0.4, 0.5) is 11.5 Å². The van der Waals surface area contributed by atoms with E-state index in [1.54, 1.807) is 17.0 Å². The number of aromatic nitrogens is 1. The monoisotopic (exact) mass is 308 g/mol. The van der Waals surface area contributed by atoms with Crippen LogP contribution >= 0.6 is 0 Å². The molecule has 0 saturated carbocycles. The number of carbonyl (C=O) groups excluding carboxylic acids is 1. The van der Waals surface area contributed by atoms with Crippen LogP contribution in [0, 0.1) is 11.3 Å². The van der Waals surface area contributed by atoms with E-state index in [1.807, 2.05) is 30.3 Å². The number of para-hydroxylation sites is 2. The van der Waals surface area contributed by atoms with Gasteiger partial charge in [0.15, 0.2) is 6.61 Å². The molecule has 0 radical (unpaired) electrons. The van der Waals surface area contributed by atoms with E-state index < -0.39 is 0 Å². The molecule has 0 saturated heterocycles. The average molecular weight is 308 g/mol. The normalized spacial score (nSPS) is 13.0. The van der Waals surface area contributed by atoms with Crippen molar-refractivity contribution >= 4 is 17.4 Å². The lowest BCUT2D eigenvalue weighted by Gasteiger charge is -2.29. The molecule has 0 atom stereocenters. The van der Waals surface area contributed by atoms with Gasteiger partial charge in [0.1, 0.15) is 17.6 Å². The standard InChI is InChI=1S/C17H16N4O2/c18-10-13-6-7-16(20-11-13)19-8-3-9-21-14-4-1-2-5-15(14)23-12-17(21)22/h1-2,4-7,11H,3,8-9,12H2,(H,19,20). The predicted octanol–water partition coefficient (Wildman–Crippen LogP) is 2.18. The first kappa shape index (κ1) is 14.9. The summed E-state index contributed by atoms with van der Waals surface area (Å²) in [5, 5.41) is 11.9. The largest absolute Gasteiger partial charge is 0.482 e. The summed E-state index contributed by atoms with van der Waals surface area (Å²) in [5.74, 6) is 1.44. The fourth-order valence-corrected chi connectivity index (χ4v) is 2.42. The maximum Gasteiger partial charge on any atom is 0.265 e. The molecular weight excluding hydrogens is 292 g/mol. The molecule has 6 heteroatoms. The third kappa shape index (κ3) is 3.40. The lowest BCUT2D eigenvalue weighted by atomic mass is 10.2. The van der Waals surface area contributed by atoms with Crippen LogP contribution in [0.5, 0.6) is 5.75 Å². The molecule has 3 rings (SSSR count). The summed E-state index contributed by atoms with van der Waals surface area (Å²) in [6.45, 7) is 1.38. The molecule has 1 aliphatic rings. The Labute approximate surface area is 134 Å². The Morgan fingerprint density at radius 3 is 2.96 bits per heavy atom. The van der Waals surface area contributed by atoms with E-state index in [-0.39, 0.29) is 12.5 Å². The molecule has 1 amide bonds. The van der Waals surface area contributed by atoms with Crippen LogP contribution in [0.15, 0.2) is 42.6 Å². The van der Waals surface area contributed by atoms with Crippen LogP contribution in [-0.4, -0.2) is 30.6 Å². The molecule has 6 nitrogen and oxygen atoms in total. The van der Waals surface area contributed by atoms with Crippen LogP contribution in [-0.2, 0) is 4.79 Å². The molecule has 1 N–H and O–H groups in total. The molecule has 0 unspecified atom stereocenters. The minimum Gasteiger partial charge on any atom is -0.482 e. The molecule has 1 aromatic carbocycles. The summed E-state index contributed by atoms with van der Waals surface area (Å²) in [6.07, 6.45) is 2.31. The van der Waals surface area contributed by atoms with Gasteiger partial charge >= 0.3 is 0 Å². The molecule has 0 spiro atoms. The number of pyridine rings is 1. The molecule has 0 fully saturated rings. The number of fused-ring (bicyclic) bond motifs is 1. The van der Waals surface area contributed by atoms with Gasteiger partial charge in [-0.3, -0.25) is 4.79 Å². The van der Waals surface area contributed by atoms with E-state index in [2.05, 4.69) is 10.3 Å². The van der Waals surface area contributed by atoms with Gasteiger partial charge in [0, 0.05) is 19.3 Å². The van der Waals surface area contributed by atoms with Gasteiger partial charge in [-0.15, -0.1) is 0 Å². The van der Waals surface area contributed by atoms with Gasteiger partial charge < -0.3 is 15.0 Å². The van der Waals surface area contributed by atoms with E-state index in [0.717, 1.165) is 23.7 Å². The molecule has 116 valence electrons. The van der Waals surface area contributed by atoms with Crippen molar-refractivity contribution in [2.75, 3.05) is 29.9 Å². The number of anilines is 2. The third-order valence-corrected chi connectivity index (χ3v) is 3.57. The molecule has 23 heavy (non-hydrogen) atoms. The zero-order chi connectivity index (χ0) is 16.1. The first-order chi connectivity index (χ1) is 11.3. The number of amides is 1. The number of ether oxygens (including phenoxy) is 1. The minimum atomic E-state index is -0.0276. The van der Waals surface area contributed by atoms with Crippen molar-refractivity contribution in [3.8, 4) is 11.8 Å². The summed E-state index contributed by atoms with van der Waals surface area (Å²) in [4.78, 5) is 17.9. The molecule has 2 aromatic rings. The van der Waals surface area contributed by atoms with Crippen LogP contribution in [0.25, 0.3) is 0 Å². The number of rotatable bonds is 5. The van der Waals surface area contributed by atoms with Gasteiger partial charge in [-0.05, 0) is 30.7 Å². The van der Waals surface area contributed by atoms with Crippen molar-refractivity contribution in [3.05, 3.63) is 48.2 Å². The topological polar surface area (TPSA) is 78.2 Å². The molecule has 2 heterocycles. The lowest BCUT2D eigenvalue weighted by molar-refractivity contribution is -0.121. The van der Waals surface area contributed by atoms with E-state index in [9.17, 15) is 4.79 Å². The third-order valence-electron chi connectivity index (χ3n) is 3.57. The Balaban J connectivity index is 1.54. The highest BCUT2D eigenvalue weighted by Crippen LogP contribution is 2.31. The van der Waals surface area contributed by atoms with E-state index in [4.69, 9.17) is 10.00 Å². The number of nitriles is 1. The number of nitrogens with one attached hydrogen (secondary N) is 1. The Kier molecular flexibility index (Phi) is 4.39. The number of hydrogen-bond acceptors (Lipinski definition) is 5. The molecule has 1 aromatic heterocycles. The van der Waals surface area contributed by atoms with Crippen molar-refractivity contribution in [2.24, 2.45) is 0 Å². The van der Waals surface area contributed by atoms with Gasteiger partial charge in [-0.2, -0.15) is 5.26 Å². The highest BCUT2D eigenvalue weighted by atomic mass is 16.5. The van der Waals surface area contributed by atoms with Crippen molar-refractivity contribution < 1.29 is 9.53 Å². The Hall–Kier alpha value is -3.07. The fourth-order valence-electron chi connectivity index (χ4n) is 2.42. The average Bonchev–Trinajstić information content (AvgIpc) is 2.60. The van der Waals surface area contributed by atoms with Gasteiger partial charge in [0.25, 0.3) is 5.91 Å².